The molecule has 2 aromatic carbocycles. The molecule has 0 atom stereocenters. The number of pyridine rings is 1. The molecule has 8 nitrogen and oxygen atoms in total. The highest BCUT2D eigenvalue weighted by molar-refractivity contribution is 6.31. The lowest BCUT2D eigenvalue weighted by molar-refractivity contribution is -0.132. The van der Waals surface area contributed by atoms with E-state index in [0.29, 0.717) is 42.6 Å². The molecular formula is C22H19ClFN7O. The first-order valence-electron chi connectivity index (χ1n) is 10.2. The number of fused-ring (bicyclic) bond motifs is 1. The number of piperazine rings is 1. The number of halogens is 2. The number of hydrogen-bond acceptors (Lipinski definition) is 6. The van der Waals surface area contributed by atoms with Gasteiger partial charge in [0.1, 0.15) is 12.4 Å². The smallest absolute Gasteiger partial charge is 0.246 e. The molecule has 1 fully saturated rings. The summed E-state index contributed by atoms with van der Waals surface area (Å²) in [6.45, 7) is 2.61. The van der Waals surface area contributed by atoms with Crippen LogP contribution in [0, 0.1) is 5.82 Å². The number of carbonyl (C=O) groups is 1. The van der Waals surface area contributed by atoms with Gasteiger partial charge in [-0.15, -0.1) is 10.2 Å². The summed E-state index contributed by atoms with van der Waals surface area (Å²) in [6, 6.07) is 13.5. The molecule has 0 saturated carbocycles. The summed E-state index contributed by atoms with van der Waals surface area (Å²) in [7, 11) is 0. The van der Waals surface area contributed by atoms with Crippen molar-refractivity contribution < 1.29 is 9.18 Å². The molecular weight excluding hydrogens is 433 g/mol. The van der Waals surface area contributed by atoms with E-state index in [1.807, 2.05) is 24.3 Å². The third-order valence-electron chi connectivity index (χ3n) is 5.49. The van der Waals surface area contributed by atoms with Crippen LogP contribution < -0.4 is 4.90 Å². The van der Waals surface area contributed by atoms with Gasteiger partial charge in [0.2, 0.25) is 11.7 Å². The fourth-order valence-electron chi connectivity index (χ4n) is 3.82. The van der Waals surface area contributed by atoms with Crippen molar-refractivity contribution in [1.82, 2.24) is 30.1 Å². The first kappa shape index (κ1) is 20.3. The summed E-state index contributed by atoms with van der Waals surface area (Å²) < 4.78 is 13.1. The molecule has 3 heterocycles. The lowest BCUT2D eigenvalue weighted by Crippen LogP contribution is -2.49. The highest BCUT2D eigenvalue weighted by atomic mass is 35.5. The molecule has 4 aromatic rings. The van der Waals surface area contributed by atoms with Crippen molar-refractivity contribution >= 4 is 34.1 Å². The second-order valence-electron chi connectivity index (χ2n) is 7.51. The molecule has 162 valence electrons. The van der Waals surface area contributed by atoms with Crippen LogP contribution in [0.25, 0.3) is 22.3 Å². The van der Waals surface area contributed by atoms with Crippen LogP contribution in [-0.4, -0.2) is 62.2 Å². The molecule has 32 heavy (non-hydrogen) atoms. The zero-order chi connectivity index (χ0) is 22.1. The number of anilines is 1. The van der Waals surface area contributed by atoms with E-state index < -0.39 is 0 Å². The first-order valence-corrected chi connectivity index (χ1v) is 10.6. The summed E-state index contributed by atoms with van der Waals surface area (Å²) in [6.07, 6.45) is 1.78. The van der Waals surface area contributed by atoms with E-state index in [1.165, 1.54) is 16.9 Å². The molecule has 0 spiro atoms. The molecule has 5 rings (SSSR count). The van der Waals surface area contributed by atoms with Gasteiger partial charge in [-0.05, 0) is 53.7 Å². The van der Waals surface area contributed by atoms with Gasteiger partial charge in [0.25, 0.3) is 0 Å². The molecule has 1 aliphatic rings. The molecule has 1 saturated heterocycles. The lowest BCUT2D eigenvalue weighted by Gasteiger charge is -2.36. The van der Waals surface area contributed by atoms with Gasteiger partial charge in [0.05, 0.1) is 5.52 Å². The third kappa shape index (κ3) is 4.11. The van der Waals surface area contributed by atoms with Crippen molar-refractivity contribution in [2.24, 2.45) is 0 Å². The van der Waals surface area contributed by atoms with Gasteiger partial charge in [-0.25, -0.2) is 4.39 Å². The monoisotopic (exact) mass is 451 g/mol. The third-order valence-corrected chi connectivity index (χ3v) is 5.72. The zero-order valence-electron chi connectivity index (χ0n) is 17.0. The summed E-state index contributed by atoms with van der Waals surface area (Å²) in [5.41, 5.74) is 2.58. The SMILES string of the molecule is O=C(Cn1nnc(-c2ccc(F)cc2)n1)N1CCN(c2ccnc3cc(Cl)ccc23)CC1. The van der Waals surface area contributed by atoms with E-state index in [2.05, 4.69) is 25.3 Å². The maximum absolute atomic E-state index is 13.1. The number of tetrazole rings is 1. The molecule has 1 aliphatic heterocycles. The molecule has 1 amide bonds. The van der Waals surface area contributed by atoms with Crippen LogP contribution >= 0.6 is 11.6 Å². The van der Waals surface area contributed by atoms with Crippen molar-refractivity contribution in [3.63, 3.8) is 0 Å². The van der Waals surface area contributed by atoms with E-state index in [4.69, 9.17) is 11.6 Å². The predicted molar refractivity (Wildman–Crippen MR) is 119 cm³/mol. The Kier molecular flexibility index (Phi) is 5.40. The number of aromatic nitrogens is 5. The summed E-state index contributed by atoms with van der Waals surface area (Å²) in [4.78, 5) is 22.5. The second-order valence-corrected chi connectivity index (χ2v) is 7.95. The largest absolute Gasteiger partial charge is 0.367 e. The van der Waals surface area contributed by atoms with E-state index in [-0.39, 0.29) is 18.3 Å². The van der Waals surface area contributed by atoms with Crippen LogP contribution in [-0.2, 0) is 11.3 Å². The molecule has 0 unspecified atom stereocenters. The topological polar surface area (TPSA) is 80.0 Å². The fourth-order valence-corrected chi connectivity index (χ4v) is 3.99. The van der Waals surface area contributed by atoms with E-state index >= 15 is 0 Å². The summed E-state index contributed by atoms with van der Waals surface area (Å²) in [5, 5.41) is 13.9. The van der Waals surface area contributed by atoms with Crippen LogP contribution in [0.2, 0.25) is 5.02 Å². The normalized spacial score (nSPS) is 14.2. The molecule has 0 N–H and O–H groups in total. The number of carbonyl (C=O) groups excluding carboxylic acids is 1. The standard InChI is InChI=1S/C22H19ClFN7O/c23-16-3-6-18-19(13-16)25-8-7-20(18)29-9-11-30(12-10-29)21(32)14-31-27-22(26-28-31)15-1-4-17(24)5-2-15/h1-8,13H,9-12,14H2. The molecule has 0 bridgehead atoms. The van der Waals surface area contributed by atoms with Crippen molar-refractivity contribution in [1.29, 1.82) is 0 Å². The molecule has 0 aliphatic carbocycles. The fraction of sp³-hybridized carbons (Fsp3) is 0.227. The Morgan fingerprint density at radius 3 is 2.59 bits per heavy atom. The Labute approximate surface area is 188 Å². The Morgan fingerprint density at radius 2 is 1.81 bits per heavy atom. The van der Waals surface area contributed by atoms with Crippen molar-refractivity contribution in [3.8, 4) is 11.4 Å². The Balaban J connectivity index is 1.22. The molecule has 2 aromatic heterocycles. The maximum atomic E-state index is 13.1. The van der Waals surface area contributed by atoms with Crippen LogP contribution in [0.3, 0.4) is 0 Å². The predicted octanol–water partition coefficient (Wildman–Crippen LogP) is 3.03. The van der Waals surface area contributed by atoms with Crippen LogP contribution in [0.15, 0.2) is 54.7 Å². The summed E-state index contributed by atoms with van der Waals surface area (Å²) in [5.74, 6) is -0.0506. The number of nitrogens with zero attached hydrogens (tertiary/aromatic N) is 7. The average Bonchev–Trinajstić information content (AvgIpc) is 3.27. The van der Waals surface area contributed by atoms with Crippen LogP contribution in [0.5, 0.6) is 0 Å². The lowest BCUT2D eigenvalue weighted by atomic mass is 10.1. The Morgan fingerprint density at radius 1 is 1.03 bits per heavy atom. The first-order chi connectivity index (χ1) is 15.6. The number of benzene rings is 2. The zero-order valence-corrected chi connectivity index (χ0v) is 17.8. The van der Waals surface area contributed by atoms with E-state index in [9.17, 15) is 9.18 Å². The second kappa shape index (κ2) is 8.51. The number of hydrogen-bond donors (Lipinski definition) is 0. The molecule has 0 radical (unpaired) electrons. The van der Waals surface area contributed by atoms with Crippen molar-refractivity contribution in [2.75, 3.05) is 31.1 Å². The van der Waals surface area contributed by atoms with Crippen molar-refractivity contribution in [2.45, 2.75) is 6.54 Å². The minimum Gasteiger partial charge on any atom is -0.367 e. The number of rotatable bonds is 4. The average molecular weight is 452 g/mol. The van der Waals surface area contributed by atoms with Crippen molar-refractivity contribution in [3.05, 3.63) is 65.6 Å². The van der Waals surface area contributed by atoms with Crippen LogP contribution in [0.4, 0.5) is 10.1 Å². The van der Waals surface area contributed by atoms with Gasteiger partial charge in [-0.3, -0.25) is 9.78 Å². The quantitative estimate of drug-likeness (QED) is 0.474. The van der Waals surface area contributed by atoms with Gasteiger partial charge in [-0.2, -0.15) is 4.80 Å². The highest BCUT2D eigenvalue weighted by Crippen LogP contribution is 2.28. The van der Waals surface area contributed by atoms with Gasteiger partial charge < -0.3 is 9.80 Å². The Hall–Kier alpha value is -3.59. The minimum absolute atomic E-state index is 0.00484. The van der Waals surface area contributed by atoms with E-state index in [1.54, 1.807) is 23.2 Å². The molecule has 10 heteroatoms. The van der Waals surface area contributed by atoms with Gasteiger partial charge in [-0.1, -0.05) is 11.6 Å². The van der Waals surface area contributed by atoms with Crippen LogP contribution in [0.1, 0.15) is 0 Å². The summed E-state index contributed by atoms with van der Waals surface area (Å²) >= 11 is 6.09. The van der Waals surface area contributed by atoms with E-state index in [0.717, 1.165) is 16.6 Å². The van der Waals surface area contributed by atoms with Gasteiger partial charge in [0.15, 0.2) is 0 Å². The number of amides is 1. The van der Waals surface area contributed by atoms with Gasteiger partial charge in [0, 0.05) is 54.0 Å². The van der Waals surface area contributed by atoms with Gasteiger partial charge >= 0.3 is 0 Å². The highest BCUT2D eigenvalue weighted by Gasteiger charge is 2.23. The Bertz CT molecular complexity index is 1270. The maximum Gasteiger partial charge on any atom is 0.246 e. The minimum atomic E-state index is -0.334.